The van der Waals surface area contributed by atoms with E-state index in [1.165, 1.54) is 56.1 Å². The van der Waals surface area contributed by atoms with Gasteiger partial charge in [-0.2, -0.15) is 0 Å². The summed E-state index contributed by atoms with van der Waals surface area (Å²) in [6, 6.07) is 14.8. The first-order valence-electron chi connectivity index (χ1n) is 19.8. The van der Waals surface area contributed by atoms with Crippen LogP contribution in [0, 0.1) is 30.6 Å². The van der Waals surface area contributed by atoms with E-state index in [1.54, 1.807) is 0 Å². The molecule has 272 valence electrons. The second-order valence-corrected chi connectivity index (χ2v) is 16.5. The fraction of sp³-hybridized carbons (Fsp3) is 0.600. The van der Waals surface area contributed by atoms with Crippen molar-refractivity contribution in [3.8, 4) is 0 Å². The van der Waals surface area contributed by atoms with Crippen molar-refractivity contribution in [2.75, 3.05) is 5.32 Å². The predicted molar refractivity (Wildman–Crippen MR) is 213 cm³/mol. The van der Waals surface area contributed by atoms with Crippen LogP contribution in [0.5, 0.6) is 0 Å². The molecule has 0 aromatic heterocycles. The van der Waals surface area contributed by atoms with Crippen molar-refractivity contribution in [3.05, 3.63) is 76.4 Å². The van der Waals surface area contributed by atoms with E-state index in [0.717, 1.165) is 85.9 Å². The molecule has 2 aromatic rings. The molecule has 0 heterocycles. The molecule has 2 aromatic carbocycles. The van der Waals surface area contributed by atoms with Gasteiger partial charge in [-0.05, 0) is 110 Å². The molecule has 0 spiro atoms. The summed E-state index contributed by atoms with van der Waals surface area (Å²) in [5, 5.41) is 3.26. The van der Waals surface area contributed by atoms with Crippen molar-refractivity contribution in [1.29, 1.82) is 0 Å². The number of unbranched alkanes of at least 4 members (excludes halogenated alkanes) is 3. The average molecular weight is 698 g/mol. The van der Waals surface area contributed by atoms with Crippen LogP contribution in [0.4, 0.5) is 5.69 Å². The summed E-state index contributed by atoms with van der Waals surface area (Å²) in [6.45, 7) is 8.22. The van der Waals surface area contributed by atoms with Crippen LogP contribution in [0.3, 0.4) is 0 Å². The summed E-state index contributed by atoms with van der Waals surface area (Å²) in [4.78, 5) is 40.0. The maximum Gasteiger partial charge on any atom is 0.251 e. The Balaban J connectivity index is 1.39. The highest BCUT2D eigenvalue weighted by Crippen LogP contribution is 2.34. The van der Waals surface area contributed by atoms with Crippen LogP contribution in [-0.2, 0) is 22.4 Å². The molecule has 0 bridgehead atoms. The molecule has 2 fully saturated rings. The Morgan fingerprint density at radius 1 is 0.860 bits per heavy atom. The number of carbonyl (C=O) groups excluding carboxylic acids is 3. The molecular formula is C45H63NO3S. The SMILES string of the molecule is CC(=S)C/C=C(/C(=O)Nc1cc(C(=O)CCCCCCC2CCCCC(=O)C2)ccc1CC1CCCC(Cc2ccccc2C)CC1)C(C)C. The van der Waals surface area contributed by atoms with E-state index in [2.05, 4.69) is 42.6 Å². The Kier molecular flexibility index (Phi) is 16.6. The molecule has 4 nitrogen and oxygen atoms in total. The van der Waals surface area contributed by atoms with Gasteiger partial charge in [-0.25, -0.2) is 0 Å². The molecule has 2 aliphatic rings. The molecule has 0 radical (unpaired) electrons. The van der Waals surface area contributed by atoms with E-state index >= 15 is 0 Å². The highest BCUT2D eigenvalue weighted by atomic mass is 32.1. The first-order chi connectivity index (χ1) is 24.1. The molecule has 3 atom stereocenters. The van der Waals surface area contributed by atoms with Crippen LogP contribution in [0.25, 0.3) is 0 Å². The first kappa shape index (κ1) is 39.9. The first-order valence-corrected chi connectivity index (χ1v) is 20.2. The Bertz CT molecular complexity index is 1470. The third-order valence-electron chi connectivity index (χ3n) is 11.3. The van der Waals surface area contributed by atoms with Gasteiger partial charge in [0.2, 0.25) is 0 Å². The molecule has 1 amide bonds. The highest BCUT2D eigenvalue weighted by molar-refractivity contribution is 7.80. The smallest absolute Gasteiger partial charge is 0.251 e. The van der Waals surface area contributed by atoms with Crippen molar-refractivity contribution >= 4 is 40.2 Å². The number of hydrogen-bond donors (Lipinski definition) is 1. The minimum absolute atomic E-state index is 0.0627. The number of hydrogen-bond acceptors (Lipinski definition) is 4. The van der Waals surface area contributed by atoms with E-state index in [4.69, 9.17) is 12.2 Å². The second-order valence-electron chi connectivity index (χ2n) is 15.9. The van der Waals surface area contributed by atoms with Gasteiger partial charge in [-0.3, -0.25) is 14.4 Å². The zero-order valence-corrected chi connectivity index (χ0v) is 32.3. The number of benzene rings is 2. The number of nitrogens with one attached hydrogen (secondary N) is 1. The molecule has 3 unspecified atom stereocenters. The Hall–Kier alpha value is -2.92. The number of anilines is 1. The third-order valence-corrected chi connectivity index (χ3v) is 11.4. The largest absolute Gasteiger partial charge is 0.322 e. The third kappa shape index (κ3) is 13.3. The van der Waals surface area contributed by atoms with Crippen molar-refractivity contribution < 1.29 is 14.4 Å². The maximum atomic E-state index is 13.7. The number of thiocarbonyl (C=S) groups is 1. The highest BCUT2D eigenvalue weighted by Gasteiger charge is 2.23. The van der Waals surface area contributed by atoms with E-state index in [9.17, 15) is 14.4 Å². The van der Waals surface area contributed by atoms with E-state index in [1.807, 2.05) is 39.0 Å². The minimum atomic E-state index is -0.100. The van der Waals surface area contributed by atoms with Gasteiger partial charge in [0, 0.05) is 36.1 Å². The lowest BCUT2D eigenvalue weighted by molar-refractivity contribution is -0.119. The van der Waals surface area contributed by atoms with Gasteiger partial charge in [0.25, 0.3) is 5.91 Å². The number of rotatable bonds is 17. The number of ketones is 2. The van der Waals surface area contributed by atoms with Crippen molar-refractivity contribution in [2.24, 2.45) is 23.7 Å². The molecular weight excluding hydrogens is 635 g/mol. The summed E-state index contributed by atoms with van der Waals surface area (Å²) in [5.74, 6) is 2.38. The lowest BCUT2D eigenvalue weighted by Gasteiger charge is -2.20. The van der Waals surface area contributed by atoms with Gasteiger partial charge in [0.05, 0.1) is 0 Å². The minimum Gasteiger partial charge on any atom is -0.322 e. The van der Waals surface area contributed by atoms with Gasteiger partial charge >= 0.3 is 0 Å². The van der Waals surface area contributed by atoms with Gasteiger partial charge < -0.3 is 5.32 Å². The number of aryl methyl sites for hydroxylation is 1. The lowest BCUT2D eigenvalue weighted by Crippen LogP contribution is -2.20. The zero-order chi connectivity index (χ0) is 35.9. The summed E-state index contributed by atoms with van der Waals surface area (Å²) in [6.07, 6.45) is 21.5. The van der Waals surface area contributed by atoms with Crippen molar-refractivity contribution in [3.63, 3.8) is 0 Å². The molecule has 4 rings (SSSR count). The number of allylic oxidation sites excluding steroid dienone is 1. The van der Waals surface area contributed by atoms with Crippen LogP contribution in [-0.4, -0.2) is 22.3 Å². The van der Waals surface area contributed by atoms with Crippen LogP contribution < -0.4 is 5.32 Å². The van der Waals surface area contributed by atoms with Crippen LogP contribution in [0.15, 0.2) is 54.1 Å². The Labute approximate surface area is 308 Å². The van der Waals surface area contributed by atoms with E-state index in [0.29, 0.717) is 41.9 Å². The molecule has 50 heavy (non-hydrogen) atoms. The van der Waals surface area contributed by atoms with Gasteiger partial charge in [0.15, 0.2) is 5.78 Å². The molecule has 2 aliphatic carbocycles. The average Bonchev–Trinajstić information content (AvgIpc) is 3.43. The van der Waals surface area contributed by atoms with Gasteiger partial charge in [-0.1, -0.05) is 126 Å². The lowest BCUT2D eigenvalue weighted by atomic mass is 9.88. The molecule has 0 aliphatic heterocycles. The second kappa shape index (κ2) is 20.8. The van der Waals surface area contributed by atoms with Crippen LogP contribution in [0.2, 0.25) is 0 Å². The summed E-state index contributed by atoms with van der Waals surface area (Å²) in [5.41, 5.74) is 6.20. The standard InChI is InChI=1S/C45H63NO3S/c1-32(2)42(27-22-34(4)50)45(49)46-43-31-40(44(48)21-8-6-5-7-15-35-16-10-12-20-41(47)30-35)26-25-39(43)29-37-18-13-17-36(23-24-37)28-38-19-11-9-14-33(38)3/h9,11,14,19,25-27,31-32,35-37H,5-8,10,12-13,15-18,20-24,28-30H2,1-4H3,(H,46,49)/b42-27+. The number of carbonyl (C=O) groups is 3. The molecule has 0 saturated heterocycles. The topological polar surface area (TPSA) is 63.2 Å². The summed E-state index contributed by atoms with van der Waals surface area (Å²) < 4.78 is 0. The van der Waals surface area contributed by atoms with Crippen LogP contribution >= 0.6 is 12.2 Å². The molecule has 1 N–H and O–H groups in total. The Morgan fingerprint density at radius 3 is 2.28 bits per heavy atom. The number of Topliss-reactive ketones (excluding diaryl/α,β-unsaturated/α-hetero) is 2. The number of amides is 1. The van der Waals surface area contributed by atoms with Gasteiger partial charge in [0.1, 0.15) is 5.78 Å². The zero-order valence-electron chi connectivity index (χ0n) is 31.5. The predicted octanol–water partition coefficient (Wildman–Crippen LogP) is 12.0. The van der Waals surface area contributed by atoms with E-state index < -0.39 is 0 Å². The molecule has 2 saturated carbocycles. The summed E-state index contributed by atoms with van der Waals surface area (Å²) in [7, 11) is 0. The van der Waals surface area contributed by atoms with E-state index in [-0.39, 0.29) is 17.6 Å². The monoisotopic (exact) mass is 697 g/mol. The molecule has 5 heteroatoms. The Morgan fingerprint density at radius 2 is 1.56 bits per heavy atom. The van der Waals surface area contributed by atoms with Crippen molar-refractivity contribution in [2.45, 2.75) is 150 Å². The van der Waals surface area contributed by atoms with Gasteiger partial charge in [-0.15, -0.1) is 0 Å². The van der Waals surface area contributed by atoms with Crippen LogP contribution in [0.1, 0.15) is 157 Å². The quantitative estimate of drug-likeness (QED) is 0.0587. The normalized spacial score (nSPS) is 20.3. The maximum absolute atomic E-state index is 13.7. The fourth-order valence-corrected chi connectivity index (χ4v) is 8.24. The van der Waals surface area contributed by atoms with Crippen molar-refractivity contribution in [1.82, 2.24) is 0 Å². The summed E-state index contributed by atoms with van der Waals surface area (Å²) >= 11 is 5.31. The fourth-order valence-electron chi connectivity index (χ4n) is 8.15.